The van der Waals surface area contributed by atoms with Crippen molar-refractivity contribution in [3.8, 4) is 5.75 Å². The van der Waals surface area contributed by atoms with Crippen LogP contribution in [-0.2, 0) is 27.1 Å². The zero-order valence-electron chi connectivity index (χ0n) is 17.0. The van der Waals surface area contributed by atoms with Crippen LogP contribution in [0.4, 0.5) is 0 Å². The number of nitrogens with zero attached hydrogens (tertiary/aromatic N) is 4. The van der Waals surface area contributed by atoms with E-state index in [0.29, 0.717) is 29.5 Å². The van der Waals surface area contributed by atoms with Crippen LogP contribution in [0.1, 0.15) is 25.3 Å². The van der Waals surface area contributed by atoms with E-state index in [4.69, 9.17) is 0 Å². The standard InChI is InChI=1S/C20H27N5O3.ClH/c1-14(12-15-6-8-16(26)9-7-15)21-10-4-5-11-25-13-22-18-17(25)19(27)24(3)20(28)23(18)2;/h6-9,13-14,21,26H,4-5,10-12H2,1-3H3;1H. The van der Waals surface area contributed by atoms with Gasteiger partial charge in [0.25, 0.3) is 5.56 Å². The Hall–Kier alpha value is -2.58. The molecule has 0 radical (unpaired) electrons. The molecule has 0 aliphatic heterocycles. The predicted molar refractivity (Wildman–Crippen MR) is 108 cm³/mol. The Morgan fingerprint density at radius 2 is 1.79 bits per heavy atom. The average molecular weight is 422 g/mol. The zero-order valence-corrected chi connectivity index (χ0v) is 17.8. The molecule has 0 saturated heterocycles. The van der Waals surface area contributed by atoms with E-state index in [1.54, 1.807) is 25.5 Å². The number of hydrogen-bond acceptors (Lipinski definition) is 4. The van der Waals surface area contributed by atoms with E-state index in [2.05, 4.69) is 17.2 Å². The lowest BCUT2D eigenvalue weighted by molar-refractivity contribution is -0.686. The van der Waals surface area contributed by atoms with E-state index in [9.17, 15) is 14.7 Å². The third kappa shape index (κ3) is 5.07. The summed E-state index contributed by atoms with van der Waals surface area (Å²) in [7, 11) is 3.12. The van der Waals surface area contributed by atoms with Gasteiger partial charge in [-0.15, -0.1) is 0 Å². The molecule has 2 aromatic heterocycles. The highest BCUT2D eigenvalue weighted by atomic mass is 35.5. The average Bonchev–Trinajstić information content (AvgIpc) is 3.10. The van der Waals surface area contributed by atoms with Crippen LogP contribution in [0.5, 0.6) is 5.75 Å². The van der Waals surface area contributed by atoms with Crippen LogP contribution < -0.4 is 29.0 Å². The lowest BCUT2D eigenvalue weighted by atomic mass is 10.1. The molecule has 0 bridgehead atoms. The van der Waals surface area contributed by atoms with E-state index in [1.165, 1.54) is 17.2 Å². The minimum atomic E-state index is -0.361. The highest BCUT2D eigenvalue weighted by Crippen LogP contribution is 2.10. The lowest BCUT2D eigenvalue weighted by Crippen LogP contribution is -3.00. The maximum absolute atomic E-state index is 12.4. The molecule has 0 saturated carbocycles. The van der Waals surface area contributed by atoms with Crippen molar-refractivity contribution in [1.29, 1.82) is 0 Å². The predicted octanol–water partition coefficient (Wildman–Crippen LogP) is -2.88. The van der Waals surface area contributed by atoms with Gasteiger partial charge in [0.1, 0.15) is 5.75 Å². The number of benzene rings is 1. The summed E-state index contributed by atoms with van der Waals surface area (Å²) in [5.74, 6) is 0.294. The van der Waals surface area contributed by atoms with Crippen molar-refractivity contribution in [3.05, 3.63) is 57.0 Å². The van der Waals surface area contributed by atoms with Crippen molar-refractivity contribution < 1.29 is 22.8 Å². The number of imidazole rings is 1. The summed E-state index contributed by atoms with van der Waals surface area (Å²) in [6.45, 7) is 3.90. The van der Waals surface area contributed by atoms with Crippen LogP contribution in [0.2, 0.25) is 0 Å². The third-order valence-corrected chi connectivity index (χ3v) is 5.13. The van der Waals surface area contributed by atoms with Gasteiger partial charge >= 0.3 is 5.69 Å². The van der Waals surface area contributed by atoms with Crippen LogP contribution >= 0.6 is 0 Å². The monoisotopic (exact) mass is 421 g/mol. The minimum absolute atomic E-state index is 0. The first kappa shape index (κ1) is 22.7. The number of unbranched alkanes of at least 4 members (excludes halogenated alkanes) is 1. The summed E-state index contributed by atoms with van der Waals surface area (Å²) >= 11 is 0. The Kier molecular flexibility index (Phi) is 7.64. The molecule has 0 spiro atoms. The normalized spacial score (nSPS) is 12.1. The number of hydrogen-bond donors (Lipinski definition) is 2. The maximum atomic E-state index is 12.4. The molecule has 0 fully saturated rings. The van der Waals surface area contributed by atoms with E-state index >= 15 is 0 Å². The summed E-state index contributed by atoms with van der Waals surface area (Å²) < 4.78 is 4.38. The minimum Gasteiger partial charge on any atom is -1.00 e. The summed E-state index contributed by atoms with van der Waals surface area (Å²) in [5, 5.41) is 11.7. The SMILES string of the molecule is CC(Cc1ccc(O)cc1)[NH2+]CCCCn1cnc2c1c(=O)n(C)c(=O)n2C.[Cl-]. The number of phenolic OH excluding ortho intramolecular Hbond substituents is 1. The number of nitrogens with two attached hydrogens (primary N) is 1. The molecule has 1 aromatic carbocycles. The number of fused-ring (bicyclic) bond motifs is 1. The van der Waals surface area contributed by atoms with Crippen molar-refractivity contribution in [1.82, 2.24) is 18.7 Å². The highest BCUT2D eigenvalue weighted by Gasteiger charge is 2.14. The molecular formula is C20H28ClN5O3. The van der Waals surface area contributed by atoms with Crippen molar-refractivity contribution in [2.45, 2.75) is 38.8 Å². The van der Waals surface area contributed by atoms with Crippen LogP contribution in [0, 0.1) is 0 Å². The van der Waals surface area contributed by atoms with Gasteiger partial charge in [0.15, 0.2) is 11.2 Å². The van der Waals surface area contributed by atoms with Crippen LogP contribution in [-0.4, -0.2) is 36.4 Å². The van der Waals surface area contributed by atoms with Gasteiger partial charge in [-0.3, -0.25) is 13.9 Å². The molecule has 2 heterocycles. The third-order valence-electron chi connectivity index (χ3n) is 5.13. The second kappa shape index (κ2) is 9.76. The summed E-state index contributed by atoms with van der Waals surface area (Å²) in [5.41, 5.74) is 1.47. The van der Waals surface area contributed by atoms with Gasteiger partial charge in [-0.1, -0.05) is 12.1 Å². The molecule has 9 heteroatoms. The van der Waals surface area contributed by atoms with Gasteiger partial charge in [0, 0.05) is 27.1 Å². The second-order valence-electron chi connectivity index (χ2n) is 7.40. The van der Waals surface area contributed by atoms with Crippen molar-refractivity contribution >= 4 is 11.2 Å². The Labute approximate surface area is 175 Å². The topological polar surface area (TPSA) is 98.7 Å². The Morgan fingerprint density at radius 1 is 1.10 bits per heavy atom. The smallest absolute Gasteiger partial charge is 0.332 e. The number of phenols is 1. The summed E-state index contributed by atoms with van der Waals surface area (Å²) in [4.78, 5) is 28.7. The second-order valence-corrected chi connectivity index (χ2v) is 7.40. The molecule has 3 aromatic rings. The van der Waals surface area contributed by atoms with Crippen molar-refractivity contribution in [2.75, 3.05) is 6.54 Å². The Bertz CT molecular complexity index is 1070. The fourth-order valence-electron chi connectivity index (χ4n) is 3.48. The molecular weight excluding hydrogens is 394 g/mol. The zero-order chi connectivity index (χ0) is 20.3. The molecule has 0 amide bonds. The number of rotatable bonds is 8. The summed E-state index contributed by atoms with van der Waals surface area (Å²) in [6.07, 6.45) is 4.55. The highest BCUT2D eigenvalue weighted by molar-refractivity contribution is 5.69. The van der Waals surface area contributed by atoms with Gasteiger partial charge in [-0.25, -0.2) is 9.78 Å². The largest absolute Gasteiger partial charge is 1.00 e. The summed E-state index contributed by atoms with van der Waals surface area (Å²) in [6, 6.07) is 7.81. The van der Waals surface area contributed by atoms with E-state index in [-0.39, 0.29) is 23.7 Å². The molecule has 29 heavy (non-hydrogen) atoms. The molecule has 158 valence electrons. The Balaban J connectivity index is 0.00000300. The number of aromatic nitrogens is 4. The van der Waals surface area contributed by atoms with E-state index in [0.717, 1.165) is 30.4 Å². The first-order valence-corrected chi connectivity index (χ1v) is 9.60. The molecule has 1 unspecified atom stereocenters. The van der Waals surface area contributed by atoms with Crippen LogP contribution in [0.15, 0.2) is 40.2 Å². The Morgan fingerprint density at radius 3 is 2.48 bits per heavy atom. The van der Waals surface area contributed by atoms with Crippen molar-refractivity contribution in [3.63, 3.8) is 0 Å². The number of quaternary nitrogens is 1. The van der Waals surface area contributed by atoms with Gasteiger partial charge in [-0.2, -0.15) is 0 Å². The molecule has 1 atom stereocenters. The van der Waals surface area contributed by atoms with Gasteiger partial charge < -0.3 is 27.4 Å². The maximum Gasteiger partial charge on any atom is 0.332 e. The van der Waals surface area contributed by atoms with E-state index < -0.39 is 0 Å². The van der Waals surface area contributed by atoms with Crippen LogP contribution in [0.3, 0.4) is 0 Å². The number of halogens is 1. The van der Waals surface area contributed by atoms with E-state index in [1.807, 2.05) is 16.7 Å². The lowest BCUT2D eigenvalue weighted by Gasteiger charge is -2.11. The van der Waals surface area contributed by atoms with Gasteiger partial charge in [0.2, 0.25) is 0 Å². The fraction of sp³-hybridized carbons (Fsp3) is 0.450. The van der Waals surface area contributed by atoms with Gasteiger partial charge in [0.05, 0.1) is 18.9 Å². The molecule has 3 N–H and O–H groups in total. The quantitative estimate of drug-likeness (QED) is 0.382. The van der Waals surface area contributed by atoms with Gasteiger partial charge in [-0.05, 0) is 37.5 Å². The number of aryl methyl sites for hydroxylation is 2. The fourth-order valence-corrected chi connectivity index (χ4v) is 3.48. The van der Waals surface area contributed by atoms with Crippen molar-refractivity contribution in [2.24, 2.45) is 14.1 Å². The first-order valence-electron chi connectivity index (χ1n) is 9.60. The number of aromatic hydroxyl groups is 1. The van der Waals surface area contributed by atoms with Crippen LogP contribution in [0.25, 0.3) is 11.2 Å². The molecule has 0 aliphatic carbocycles. The molecule has 3 rings (SSSR count). The molecule has 8 nitrogen and oxygen atoms in total. The first-order chi connectivity index (χ1) is 13.4. The molecule has 0 aliphatic rings.